The van der Waals surface area contributed by atoms with Gasteiger partial charge in [0.1, 0.15) is 6.04 Å². The molecule has 0 spiro atoms. The SMILES string of the molecule is CCC(C(=O)O)n1ncc2ccc(N)cc21. The number of rotatable bonds is 3. The van der Waals surface area contributed by atoms with Gasteiger partial charge in [0.15, 0.2) is 0 Å². The summed E-state index contributed by atoms with van der Waals surface area (Å²) in [4.78, 5) is 11.1. The standard InChI is InChI=1S/C11H13N3O2/c1-2-9(11(15)16)14-10-5-8(12)4-3-7(10)6-13-14/h3-6,9H,2,12H2,1H3,(H,15,16). The second-order valence-corrected chi connectivity index (χ2v) is 3.67. The molecule has 0 radical (unpaired) electrons. The topological polar surface area (TPSA) is 81.1 Å². The number of benzene rings is 1. The maximum atomic E-state index is 11.1. The summed E-state index contributed by atoms with van der Waals surface area (Å²) in [5.41, 5.74) is 7.05. The minimum atomic E-state index is -0.880. The van der Waals surface area contributed by atoms with Crippen molar-refractivity contribution in [1.82, 2.24) is 9.78 Å². The van der Waals surface area contributed by atoms with Gasteiger partial charge in [0, 0.05) is 11.1 Å². The van der Waals surface area contributed by atoms with Gasteiger partial charge in [-0.1, -0.05) is 6.92 Å². The molecule has 1 heterocycles. The highest BCUT2D eigenvalue weighted by Gasteiger charge is 2.19. The zero-order valence-electron chi connectivity index (χ0n) is 8.92. The molecule has 0 bridgehead atoms. The Hall–Kier alpha value is -2.04. The maximum Gasteiger partial charge on any atom is 0.328 e. The Balaban J connectivity index is 2.59. The highest BCUT2D eigenvalue weighted by atomic mass is 16.4. The number of nitrogens with two attached hydrogens (primary N) is 1. The first-order valence-corrected chi connectivity index (χ1v) is 5.09. The van der Waals surface area contributed by atoms with Crippen molar-refractivity contribution in [2.24, 2.45) is 0 Å². The van der Waals surface area contributed by atoms with Crippen LogP contribution in [0.3, 0.4) is 0 Å². The van der Waals surface area contributed by atoms with Gasteiger partial charge in [-0.3, -0.25) is 4.68 Å². The Morgan fingerprint density at radius 2 is 2.38 bits per heavy atom. The summed E-state index contributed by atoms with van der Waals surface area (Å²) in [7, 11) is 0. The normalized spacial score (nSPS) is 12.8. The van der Waals surface area contributed by atoms with Gasteiger partial charge in [0.2, 0.25) is 0 Å². The van der Waals surface area contributed by atoms with Gasteiger partial charge in [-0.05, 0) is 24.6 Å². The maximum absolute atomic E-state index is 11.1. The summed E-state index contributed by atoms with van der Waals surface area (Å²) >= 11 is 0. The second-order valence-electron chi connectivity index (χ2n) is 3.67. The predicted molar refractivity (Wildman–Crippen MR) is 61.1 cm³/mol. The summed E-state index contributed by atoms with van der Waals surface area (Å²) in [5.74, 6) is -0.880. The molecule has 1 atom stereocenters. The zero-order chi connectivity index (χ0) is 11.7. The average Bonchev–Trinajstić information content (AvgIpc) is 2.62. The number of nitrogens with zero attached hydrogens (tertiary/aromatic N) is 2. The Kier molecular flexibility index (Phi) is 2.52. The summed E-state index contributed by atoms with van der Waals surface area (Å²) in [6.07, 6.45) is 2.14. The number of aliphatic carboxylic acids is 1. The molecule has 0 saturated heterocycles. The molecule has 0 fully saturated rings. The first kappa shape index (κ1) is 10.5. The van der Waals surface area contributed by atoms with Crippen LogP contribution >= 0.6 is 0 Å². The van der Waals surface area contributed by atoms with E-state index in [1.54, 1.807) is 18.3 Å². The third-order valence-electron chi connectivity index (χ3n) is 2.59. The van der Waals surface area contributed by atoms with Crippen molar-refractivity contribution in [2.45, 2.75) is 19.4 Å². The molecule has 2 aromatic rings. The van der Waals surface area contributed by atoms with Crippen LogP contribution < -0.4 is 5.73 Å². The predicted octanol–water partition coefficient (Wildman–Crippen LogP) is 1.65. The van der Waals surface area contributed by atoms with E-state index in [-0.39, 0.29) is 0 Å². The molecule has 0 aliphatic carbocycles. The molecule has 16 heavy (non-hydrogen) atoms. The molecule has 0 aliphatic rings. The van der Waals surface area contributed by atoms with Crippen molar-refractivity contribution in [3.8, 4) is 0 Å². The lowest BCUT2D eigenvalue weighted by molar-refractivity contribution is -0.141. The molecular formula is C11H13N3O2. The lowest BCUT2D eigenvalue weighted by atomic mass is 10.2. The van der Waals surface area contributed by atoms with Gasteiger partial charge >= 0.3 is 5.97 Å². The third-order valence-corrected chi connectivity index (χ3v) is 2.59. The van der Waals surface area contributed by atoms with Gasteiger partial charge in [0.25, 0.3) is 0 Å². The van der Waals surface area contributed by atoms with Crippen molar-refractivity contribution in [1.29, 1.82) is 0 Å². The van der Waals surface area contributed by atoms with Gasteiger partial charge in [-0.2, -0.15) is 5.10 Å². The molecule has 84 valence electrons. The molecular weight excluding hydrogens is 206 g/mol. The first-order chi connectivity index (χ1) is 7.63. The van der Waals surface area contributed by atoms with E-state index in [2.05, 4.69) is 5.10 Å². The van der Waals surface area contributed by atoms with Crippen molar-refractivity contribution >= 4 is 22.6 Å². The number of fused-ring (bicyclic) bond motifs is 1. The van der Waals surface area contributed by atoms with Crippen LogP contribution in [0.1, 0.15) is 19.4 Å². The van der Waals surface area contributed by atoms with Crippen molar-refractivity contribution in [3.05, 3.63) is 24.4 Å². The molecule has 1 unspecified atom stereocenters. The van der Waals surface area contributed by atoms with Crippen LogP contribution in [0.15, 0.2) is 24.4 Å². The van der Waals surface area contributed by atoms with E-state index in [4.69, 9.17) is 10.8 Å². The van der Waals surface area contributed by atoms with Gasteiger partial charge in [0.05, 0.1) is 11.7 Å². The minimum absolute atomic E-state index is 0.487. The molecule has 1 aromatic heterocycles. The van der Waals surface area contributed by atoms with Crippen LogP contribution in [-0.4, -0.2) is 20.9 Å². The van der Waals surface area contributed by atoms with Crippen LogP contribution in [0.25, 0.3) is 10.9 Å². The fourth-order valence-electron chi connectivity index (χ4n) is 1.76. The van der Waals surface area contributed by atoms with Gasteiger partial charge in [-0.25, -0.2) is 4.79 Å². The fourth-order valence-corrected chi connectivity index (χ4v) is 1.76. The molecule has 2 rings (SSSR count). The Morgan fingerprint density at radius 1 is 1.62 bits per heavy atom. The Morgan fingerprint density at radius 3 is 3.00 bits per heavy atom. The Bertz CT molecular complexity index is 533. The highest BCUT2D eigenvalue weighted by Crippen LogP contribution is 2.22. The first-order valence-electron chi connectivity index (χ1n) is 5.09. The number of carboxylic acid groups (broad SMARTS) is 1. The number of carboxylic acids is 1. The summed E-state index contributed by atoms with van der Waals surface area (Å²) in [5, 5.41) is 14.1. The van der Waals surface area contributed by atoms with E-state index >= 15 is 0 Å². The molecule has 5 heteroatoms. The highest BCUT2D eigenvalue weighted by molar-refractivity contribution is 5.84. The van der Waals surface area contributed by atoms with E-state index < -0.39 is 12.0 Å². The lowest BCUT2D eigenvalue weighted by Crippen LogP contribution is -2.19. The summed E-state index contributed by atoms with van der Waals surface area (Å²) in [6.45, 7) is 1.82. The zero-order valence-corrected chi connectivity index (χ0v) is 8.92. The number of nitrogen functional groups attached to an aromatic ring is 1. The average molecular weight is 219 g/mol. The van der Waals surface area contributed by atoms with E-state index in [0.717, 1.165) is 10.9 Å². The number of hydrogen-bond donors (Lipinski definition) is 2. The molecule has 3 N–H and O–H groups in total. The Labute approximate surface area is 92.5 Å². The minimum Gasteiger partial charge on any atom is -0.480 e. The van der Waals surface area contributed by atoms with Crippen LogP contribution in [0, 0.1) is 0 Å². The van der Waals surface area contributed by atoms with Crippen LogP contribution in [0.5, 0.6) is 0 Å². The van der Waals surface area contributed by atoms with Gasteiger partial charge in [-0.15, -0.1) is 0 Å². The molecule has 5 nitrogen and oxygen atoms in total. The molecule has 0 saturated carbocycles. The van der Waals surface area contributed by atoms with Gasteiger partial charge < -0.3 is 10.8 Å². The van der Waals surface area contributed by atoms with Crippen LogP contribution in [0.2, 0.25) is 0 Å². The summed E-state index contributed by atoms with van der Waals surface area (Å²) in [6, 6.07) is 4.71. The number of hydrogen-bond acceptors (Lipinski definition) is 3. The monoisotopic (exact) mass is 219 g/mol. The second kappa shape index (κ2) is 3.84. The fraction of sp³-hybridized carbons (Fsp3) is 0.273. The van der Waals surface area contributed by atoms with Crippen LogP contribution in [0.4, 0.5) is 5.69 Å². The lowest BCUT2D eigenvalue weighted by Gasteiger charge is -2.11. The van der Waals surface area contributed by atoms with E-state index in [1.165, 1.54) is 4.68 Å². The molecule has 0 aliphatic heterocycles. The van der Waals surface area contributed by atoms with Crippen molar-refractivity contribution in [2.75, 3.05) is 5.73 Å². The largest absolute Gasteiger partial charge is 0.480 e. The quantitative estimate of drug-likeness (QED) is 0.769. The van der Waals surface area contributed by atoms with Crippen molar-refractivity contribution < 1.29 is 9.90 Å². The number of aromatic nitrogens is 2. The number of carbonyl (C=O) groups is 1. The van der Waals surface area contributed by atoms with E-state index in [9.17, 15) is 4.79 Å². The number of anilines is 1. The summed E-state index contributed by atoms with van der Waals surface area (Å²) < 4.78 is 1.51. The van der Waals surface area contributed by atoms with E-state index in [0.29, 0.717) is 12.1 Å². The third kappa shape index (κ3) is 1.60. The molecule has 0 amide bonds. The smallest absolute Gasteiger partial charge is 0.328 e. The van der Waals surface area contributed by atoms with Crippen LogP contribution in [-0.2, 0) is 4.79 Å². The van der Waals surface area contributed by atoms with Crippen molar-refractivity contribution in [3.63, 3.8) is 0 Å². The molecule has 1 aromatic carbocycles. The van der Waals surface area contributed by atoms with E-state index in [1.807, 2.05) is 13.0 Å².